The number of carbonyl (C=O) groups excluding carboxylic acids is 1. The molecule has 4 aromatic rings. The number of halogens is 4. The van der Waals surface area contributed by atoms with Gasteiger partial charge in [-0.2, -0.15) is 13.2 Å². The average molecular weight is 498 g/mol. The van der Waals surface area contributed by atoms with Crippen LogP contribution >= 0.6 is 11.6 Å². The van der Waals surface area contributed by atoms with Gasteiger partial charge in [0.1, 0.15) is 17.2 Å². The molecular formula is C25H19ClF3N5O. The highest BCUT2D eigenvalue weighted by Gasteiger charge is 2.37. The van der Waals surface area contributed by atoms with Crippen molar-refractivity contribution in [3.63, 3.8) is 0 Å². The summed E-state index contributed by atoms with van der Waals surface area (Å²) in [7, 11) is 1.67. The Labute approximate surface area is 203 Å². The van der Waals surface area contributed by atoms with E-state index >= 15 is 0 Å². The number of hydrazine groups is 1. The Morgan fingerprint density at radius 1 is 1.11 bits per heavy atom. The second-order valence-corrected chi connectivity index (χ2v) is 8.44. The summed E-state index contributed by atoms with van der Waals surface area (Å²) in [5.41, 5.74) is 3.71. The first-order valence-corrected chi connectivity index (χ1v) is 11.0. The zero-order valence-electron chi connectivity index (χ0n) is 18.3. The molecule has 2 aromatic heterocycles. The minimum absolute atomic E-state index is 0.0793. The highest BCUT2D eigenvalue weighted by molar-refractivity contribution is 6.34. The summed E-state index contributed by atoms with van der Waals surface area (Å²) in [6.45, 7) is 0. The number of nitrogens with one attached hydrogen (secondary N) is 2. The van der Waals surface area contributed by atoms with Crippen molar-refractivity contribution in [2.75, 3.05) is 12.4 Å². The van der Waals surface area contributed by atoms with Crippen LogP contribution in [0.2, 0.25) is 5.02 Å². The maximum Gasteiger partial charge on any atom is 0.416 e. The van der Waals surface area contributed by atoms with Gasteiger partial charge in [0, 0.05) is 25.0 Å². The maximum absolute atomic E-state index is 13.8. The van der Waals surface area contributed by atoms with Crippen LogP contribution < -0.4 is 10.7 Å². The lowest BCUT2D eigenvalue weighted by atomic mass is 9.97. The number of hydrogen-bond donors (Lipinski definition) is 2. The molecule has 1 unspecified atom stereocenters. The van der Waals surface area contributed by atoms with Gasteiger partial charge in [0.2, 0.25) is 0 Å². The quantitative estimate of drug-likeness (QED) is 0.367. The van der Waals surface area contributed by atoms with Crippen molar-refractivity contribution in [1.82, 2.24) is 19.8 Å². The maximum atomic E-state index is 13.8. The number of nitrogens with zero attached hydrogens (tertiary/aromatic N) is 3. The van der Waals surface area contributed by atoms with Gasteiger partial charge in [-0.3, -0.25) is 9.20 Å². The molecule has 2 aromatic carbocycles. The van der Waals surface area contributed by atoms with Gasteiger partial charge < -0.3 is 10.3 Å². The summed E-state index contributed by atoms with van der Waals surface area (Å²) in [5.74, 6) is -0.268. The van der Waals surface area contributed by atoms with E-state index in [0.29, 0.717) is 17.2 Å². The van der Waals surface area contributed by atoms with Gasteiger partial charge in [-0.25, -0.2) is 10.4 Å². The lowest BCUT2D eigenvalue weighted by molar-refractivity contribution is -0.138. The minimum Gasteiger partial charge on any atom is -0.318 e. The van der Waals surface area contributed by atoms with E-state index in [-0.39, 0.29) is 16.1 Å². The highest BCUT2D eigenvalue weighted by atomic mass is 35.5. The number of carbonyl (C=O) groups is 1. The number of anilines is 1. The van der Waals surface area contributed by atoms with Crippen molar-refractivity contribution in [2.24, 2.45) is 0 Å². The standard InChI is InChI=1S/C25H19ClF3N5O/c1-33-12-10-20(32-33)16-13-17(19(26)14-18(16)25(27,28)29)24(35)31-23-22(15-7-3-2-4-8-15)30-21-9-5-6-11-34(21)23/h2-14,20,32H,1H3,(H,31,35). The van der Waals surface area contributed by atoms with E-state index in [1.807, 2.05) is 36.4 Å². The SMILES string of the molecule is CN1C=CC(c2cc(C(=O)Nc3c(-c4ccccc4)nc4ccccn34)c(Cl)cc2C(F)(F)F)N1. The molecule has 5 rings (SSSR count). The van der Waals surface area contributed by atoms with E-state index in [0.717, 1.165) is 11.6 Å². The Morgan fingerprint density at radius 3 is 2.54 bits per heavy atom. The number of hydrogen-bond acceptors (Lipinski definition) is 4. The summed E-state index contributed by atoms with van der Waals surface area (Å²) >= 11 is 6.22. The Kier molecular flexibility index (Phi) is 5.74. The first-order valence-electron chi connectivity index (χ1n) is 10.6. The van der Waals surface area contributed by atoms with Crippen LogP contribution in [0.1, 0.15) is 27.5 Å². The van der Waals surface area contributed by atoms with Gasteiger partial charge in [0.25, 0.3) is 5.91 Å². The Hall–Kier alpha value is -3.82. The number of alkyl halides is 3. The molecule has 178 valence electrons. The molecule has 1 aliphatic rings. The van der Waals surface area contributed by atoms with Crippen LogP contribution in [-0.2, 0) is 6.18 Å². The highest BCUT2D eigenvalue weighted by Crippen LogP contribution is 2.39. The molecule has 10 heteroatoms. The van der Waals surface area contributed by atoms with Gasteiger partial charge in [0.15, 0.2) is 0 Å². The van der Waals surface area contributed by atoms with E-state index in [1.54, 1.807) is 47.1 Å². The van der Waals surface area contributed by atoms with Crippen LogP contribution in [0.25, 0.3) is 16.9 Å². The fraction of sp³-hybridized carbons (Fsp3) is 0.120. The number of aromatic nitrogens is 2. The van der Waals surface area contributed by atoms with Crippen molar-refractivity contribution >= 4 is 29.0 Å². The third kappa shape index (κ3) is 4.36. The monoisotopic (exact) mass is 497 g/mol. The first kappa shape index (κ1) is 22.9. The number of imidazole rings is 1. The van der Waals surface area contributed by atoms with Gasteiger partial charge in [0.05, 0.1) is 22.2 Å². The molecule has 2 N–H and O–H groups in total. The molecule has 6 nitrogen and oxygen atoms in total. The molecule has 0 fully saturated rings. The van der Waals surface area contributed by atoms with E-state index in [4.69, 9.17) is 11.6 Å². The van der Waals surface area contributed by atoms with Crippen LogP contribution in [0.3, 0.4) is 0 Å². The first-order chi connectivity index (χ1) is 16.7. The van der Waals surface area contributed by atoms with Gasteiger partial charge in [-0.15, -0.1) is 0 Å². The van der Waals surface area contributed by atoms with E-state index in [9.17, 15) is 18.0 Å². The fourth-order valence-corrected chi connectivity index (χ4v) is 4.30. The molecule has 3 heterocycles. The fourth-order valence-electron chi connectivity index (χ4n) is 4.05. The van der Waals surface area contributed by atoms with Crippen molar-refractivity contribution in [1.29, 1.82) is 0 Å². The second kappa shape index (κ2) is 8.75. The van der Waals surface area contributed by atoms with Crippen LogP contribution in [0.4, 0.5) is 19.0 Å². The normalized spacial score (nSPS) is 15.7. The Balaban J connectivity index is 1.59. The van der Waals surface area contributed by atoms with E-state index in [1.165, 1.54) is 6.07 Å². The third-order valence-electron chi connectivity index (χ3n) is 5.68. The van der Waals surface area contributed by atoms with E-state index < -0.39 is 23.7 Å². The van der Waals surface area contributed by atoms with Crippen LogP contribution in [0, 0.1) is 0 Å². The van der Waals surface area contributed by atoms with Crippen molar-refractivity contribution in [3.05, 3.63) is 101 Å². The molecule has 1 atom stereocenters. The molecule has 0 aliphatic carbocycles. The van der Waals surface area contributed by atoms with Crippen molar-refractivity contribution < 1.29 is 18.0 Å². The molecule has 0 bridgehead atoms. The average Bonchev–Trinajstić information content (AvgIpc) is 3.42. The van der Waals surface area contributed by atoms with Gasteiger partial charge in [-0.1, -0.05) is 48.0 Å². The summed E-state index contributed by atoms with van der Waals surface area (Å²) in [6, 6.07) is 15.9. The van der Waals surface area contributed by atoms with Gasteiger partial charge >= 0.3 is 6.18 Å². The largest absolute Gasteiger partial charge is 0.416 e. The lowest BCUT2D eigenvalue weighted by Gasteiger charge is -2.21. The van der Waals surface area contributed by atoms with E-state index in [2.05, 4.69) is 15.7 Å². The van der Waals surface area contributed by atoms with Crippen LogP contribution in [0.15, 0.2) is 79.1 Å². The summed E-state index contributed by atoms with van der Waals surface area (Å²) < 4.78 is 43.1. The summed E-state index contributed by atoms with van der Waals surface area (Å²) in [6.07, 6.45) is 0.294. The Morgan fingerprint density at radius 2 is 1.86 bits per heavy atom. The van der Waals surface area contributed by atoms with Gasteiger partial charge in [-0.05, 0) is 35.9 Å². The molecule has 1 aliphatic heterocycles. The minimum atomic E-state index is -4.65. The number of pyridine rings is 1. The summed E-state index contributed by atoms with van der Waals surface area (Å²) in [5, 5.41) is 4.06. The molecule has 0 radical (unpaired) electrons. The van der Waals surface area contributed by atoms with Crippen LogP contribution in [0.5, 0.6) is 0 Å². The number of amides is 1. The zero-order chi connectivity index (χ0) is 24.7. The number of rotatable bonds is 4. The smallest absolute Gasteiger partial charge is 0.318 e. The van der Waals surface area contributed by atoms with Crippen molar-refractivity contribution in [2.45, 2.75) is 12.2 Å². The number of benzene rings is 2. The Bertz CT molecular complexity index is 1450. The predicted molar refractivity (Wildman–Crippen MR) is 128 cm³/mol. The lowest BCUT2D eigenvalue weighted by Crippen LogP contribution is -2.29. The predicted octanol–water partition coefficient (Wildman–Crippen LogP) is 5.93. The molecule has 0 saturated heterocycles. The molecule has 0 spiro atoms. The molecule has 35 heavy (non-hydrogen) atoms. The second-order valence-electron chi connectivity index (χ2n) is 8.03. The molecule has 0 saturated carbocycles. The third-order valence-corrected chi connectivity index (χ3v) is 5.99. The van der Waals surface area contributed by atoms with Crippen LogP contribution in [-0.4, -0.2) is 27.3 Å². The summed E-state index contributed by atoms with van der Waals surface area (Å²) in [4.78, 5) is 18.0. The number of fused-ring (bicyclic) bond motifs is 1. The molecule has 1 amide bonds. The topological polar surface area (TPSA) is 61.7 Å². The zero-order valence-corrected chi connectivity index (χ0v) is 19.1. The molecular weight excluding hydrogens is 479 g/mol. The van der Waals surface area contributed by atoms with Crippen molar-refractivity contribution in [3.8, 4) is 11.3 Å².